The lowest BCUT2D eigenvalue weighted by Crippen LogP contribution is -2.42. The van der Waals surface area contributed by atoms with Crippen LogP contribution in [0.15, 0.2) is 33.7 Å². The maximum Gasteiger partial charge on any atom is 0.407 e. The van der Waals surface area contributed by atoms with E-state index in [1.54, 1.807) is 25.1 Å². The number of hydroxylamine groups is 2. The topological polar surface area (TPSA) is 268 Å². The van der Waals surface area contributed by atoms with Crippen LogP contribution < -0.4 is 16.4 Å². The molecule has 25 heteroatoms. The number of carbonyl (C=O) groups is 5. The first kappa shape index (κ1) is 67.8. The summed E-state index contributed by atoms with van der Waals surface area (Å²) in [5.41, 5.74) is 8.15. The Morgan fingerprint density at radius 2 is 1.16 bits per heavy atom. The molecule has 0 saturated heterocycles. The largest absolute Gasteiger partial charge is 0.447 e. The first-order valence-electron chi connectivity index (χ1n) is 26.0. The number of nitrogens with zero attached hydrogens (tertiary/aromatic N) is 4. The first-order chi connectivity index (χ1) is 36.9. The van der Waals surface area contributed by atoms with Crippen LogP contribution in [0.5, 0.6) is 0 Å². The van der Waals surface area contributed by atoms with Gasteiger partial charge in [-0.25, -0.2) is 14.9 Å². The highest BCUT2D eigenvalue weighted by molar-refractivity contribution is 7.97. The second kappa shape index (κ2) is 44.6. The van der Waals surface area contributed by atoms with E-state index < -0.39 is 12.0 Å². The van der Waals surface area contributed by atoms with Crippen LogP contribution in [0.3, 0.4) is 0 Å². The second-order valence-electron chi connectivity index (χ2n) is 17.3. The average Bonchev–Trinajstić information content (AvgIpc) is 3.55. The Labute approximate surface area is 453 Å². The lowest BCUT2D eigenvalue weighted by Gasteiger charge is -2.24. The Hall–Kier alpha value is -4.35. The van der Waals surface area contributed by atoms with E-state index in [1.807, 2.05) is 57.4 Å². The molecule has 0 bridgehead atoms. The molecule has 1 atom stereocenters. The van der Waals surface area contributed by atoms with Crippen molar-refractivity contribution >= 4 is 59.6 Å². The quantitative estimate of drug-likeness (QED) is 0.0366. The van der Waals surface area contributed by atoms with Gasteiger partial charge in [0.05, 0.1) is 151 Å². The Kier molecular flexibility index (Phi) is 39.8. The maximum absolute atomic E-state index is 13.5. The summed E-state index contributed by atoms with van der Waals surface area (Å²) in [6.07, 6.45) is 2.90. The van der Waals surface area contributed by atoms with Crippen molar-refractivity contribution in [1.29, 1.82) is 0 Å². The molecule has 0 saturated carbocycles. The van der Waals surface area contributed by atoms with Crippen LogP contribution in [0.4, 0.5) is 10.5 Å². The SMILES string of the molecule is CCCN(OCCNC(=O)OCCOCCOCCOCCOCCOCCOCCOCCOCCOCCOCCNC(=O)CN(C)C(=O)C(CC=O)C(C)C)C(=O)C1=Cc2ccc(SN(C)C)cc2N=C(N)C1. The van der Waals surface area contributed by atoms with E-state index in [4.69, 9.17) is 62.7 Å². The number of ether oxygens (including phenoxy) is 11. The number of benzene rings is 1. The number of hydrogen-bond donors (Lipinski definition) is 3. The molecular formula is C51H87N7O17S. The van der Waals surface area contributed by atoms with Gasteiger partial charge in [-0.2, -0.15) is 0 Å². The lowest BCUT2D eigenvalue weighted by molar-refractivity contribution is -0.181. The van der Waals surface area contributed by atoms with Gasteiger partial charge in [0.15, 0.2) is 0 Å². The number of nitrogens with two attached hydrogens (primary N) is 1. The molecule has 1 unspecified atom stereocenters. The molecule has 0 aromatic heterocycles. The third-order valence-corrected chi connectivity index (χ3v) is 11.2. The van der Waals surface area contributed by atoms with E-state index in [9.17, 15) is 24.0 Å². The minimum absolute atomic E-state index is 0.00566. The van der Waals surface area contributed by atoms with E-state index in [0.29, 0.717) is 162 Å². The predicted molar refractivity (Wildman–Crippen MR) is 285 cm³/mol. The minimum atomic E-state index is -0.624. The molecule has 0 fully saturated rings. The number of rotatable bonds is 48. The molecule has 1 aromatic carbocycles. The van der Waals surface area contributed by atoms with Crippen LogP contribution in [-0.2, 0) is 76.1 Å². The predicted octanol–water partition coefficient (Wildman–Crippen LogP) is 2.53. The van der Waals surface area contributed by atoms with Crippen molar-refractivity contribution < 1.29 is 80.9 Å². The van der Waals surface area contributed by atoms with Gasteiger partial charge in [0, 0.05) is 61.5 Å². The molecule has 76 heavy (non-hydrogen) atoms. The Balaban J connectivity index is 1.28. The van der Waals surface area contributed by atoms with Gasteiger partial charge in [-0.1, -0.05) is 26.8 Å². The van der Waals surface area contributed by atoms with Crippen LogP contribution in [0, 0.1) is 11.8 Å². The van der Waals surface area contributed by atoms with Gasteiger partial charge in [-0.3, -0.25) is 23.5 Å². The summed E-state index contributed by atoms with van der Waals surface area (Å²) in [5, 5.41) is 6.62. The number of nitrogens with one attached hydrogen (secondary N) is 2. The number of alkyl carbamates (subject to hydrolysis) is 1. The fourth-order valence-corrected chi connectivity index (χ4v) is 7.37. The number of amides is 4. The Morgan fingerprint density at radius 1 is 0.684 bits per heavy atom. The fourth-order valence-electron chi connectivity index (χ4n) is 6.65. The van der Waals surface area contributed by atoms with Gasteiger partial charge in [0.2, 0.25) is 11.8 Å². The number of likely N-dealkylation sites (N-methyl/N-ethyl adjacent to an activating group) is 1. The molecule has 0 spiro atoms. The maximum atomic E-state index is 13.5. The van der Waals surface area contributed by atoms with E-state index in [2.05, 4.69) is 15.6 Å². The molecule has 1 aromatic rings. The molecule has 434 valence electrons. The van der Waals surface area contributed by atoms with E-state index in [-0.39, 0.29) is 69.4 Å². The van der Waals surface area contributed by atoms with Crippen molar-refractivity contribution in [1.82, 2.24) is 24.9 Å². The van der Waals surface area contributed by atoms with Crippen molar-refractivity contribution in [2.75, 3.05) is 193 Å². The molecule has 0 radical (unpaired) electrons. The first-order valence-corrected chi connectivity index (χ1v) is 26.7. The zero-order chi connectivity index (χ0) is 55.4. The third-order valence-electron chi connectivity index (χ3n) is 10.4. The molecule has 2 rings (SSSR count). The third kappa shape index (κ3) is 33.7. The molecule has 1 aliphatic heterocycles. The Bertz CT molecular complexity index is 1820. The van der Waals surface area contributed by atoms with Gasteiger partial charge in [0.1, 0.15) is 18.7 Å². The number of aldehydes is 1. The number of amidine groups is 1. The highest BCUT2D eigenvalue weighted by Gasteiger charge is 2.26. The van der Waals surface area contributed by atoms with Gasteiger partial charge < -0.3 is 78.2 Å². The molecule has 0 aliphatic carbocycles. The van der Waals surface area contributed by atoms with Crippen molar-refractivity contribution in [2.45, 2.75) is 44.9 Å². The summed E-state index contributed by atoms with van der Waals surface area (Å²) in [4.78, 5) is 73.8. The van der Waals surface area contributed by atoms with E-state index >= 15 is 0 Å². The Morgan fingerprint density at radius 3 is 1.62 bits per heavy atom. The van der Waals surface area contributed by atoms with Crippen molar-refractivity contribution in [3.05, 3.63) is 29.3 Å². The normalized spacial score (nSPS) is 12.7. The van der Waals surface area contributed by atoms with Crippen LogP contribution in [0.25, 0.3) is 6.08 Å². The smallest absolute Gasteiger partial charge is 0.407 e. The number of aliphatic imine (C=N–C) groups is 1. The van der Waals surface area contributed by atoms with Gasteiger partial charge in [0.25, 0.3) is 5.91 Å². The zero-order valence-electron chi connectivity index (χ0n) is 45.8. The summed E-state index contributed by atoms with van der Waals surface area (Å²) >= 11 is 1.56. The molecular weight excluding hydrogens is 1010 g/mol. The number of fused-ring (bicyclic) bond motifs is 1. The standard InChI is InChI=1S/C51H87N7O17S/c1-7-13-58(49(61)43-37-42-8-9-44(76-56(4)5)39-46(42)55-47(52)38-43)75-16-12-54-51(63)74-36-35-73-34-33-72-32-31-71-30-29-70-28-27-69-26-25-68-24-23-67-22-21-66-20-19-65-18-17-64-15-11-53-48(60)40-57(6)50(62)45(10-14-59)41(2)3/h8-9,14,37,39,41,45H,7,10-13,15-36,38,40H2,1-6H3,(H2,52,55)(H,53,60)(H,54,63). The van der Waals surface area contributed by atoms with Gasteiger partial charge in [-0.05, 0) is 56.6 Å². The van der Waals surface area contributed by atoms with Crippen LogP contribution in [-0.4, -0.2) is 243 Å². The van der Waals surface area contributed by atoms with Crippen LogP contribution >= 0.6 is 11.9 Å². The molecule has 1 aliphatic rings. The van der Waals surface area contributed by atoms with E-state index in [0.717, 1.165) is 16.7 Å². The lowest BCUT2D eigenvalue weighted by atomic mass is 9.92. The fraction of sp³-hybridized carbons (Fsp3) is 0.725. The van der Waals surface area contributed by atoms with Crippen molar-refractivity contribution in [3.8, 4) is 0 Å². The van der Waals surface area contributed by atoms with Crippen molar-refractivity contribution in [3.63, 3.8) is 0 Å². The molecule has 24 nitrogen and oxygen atoms in total. The highest BCUT2D eigenvalue weighted by atomic mass is 32.2. The summed E-state index contributed by atoms with van der Waals surface area (Å²) in [6, 6.07) is 5.84. The highest BCUT2D eigenvalue weighted by Crippen LogP contribution is 2.32. The van der Waals surface area contributed by atoms with Gasteiger partial charge in [-0.15, -0.1) is 0 Å². The number of hydrogen-bond acceptors (Lipinski definition) is 21. The molecule has 1 heterocycles. The van der Waals surface area contributed by atoms with Gasteiger partial charge >= 0.3 is 6.09 Å². The molecule has 4 N–H and O–H groups in total. The molecule has 4 amide bonds. The number of carbonyl (C=O) groups excluding carboxylic acids is 5. The average molecular weight is 1100 g/mol. The van der Waals surface area contributed by atoms with Crippen molar-refractivity contribution in [2.24, 2.45) is 22.6 Å². The summed E-state index contributed by atoms with van der Waals surface area (Å²) in [7, 11) is 5.47. The minimum Gasteiger partial charge on any atom is -0.447 e. The summed E-state index contributed by atoms with van der Waals surface area (Å²) < 4.78 is 62.0. The zero-order valence-corrected chi connectivity index (χ0v) is 46.6. The second-order valence-corrected chi connectivity index (χ2v) is 18.7. The monoisotopic (exact) mass is 1100 g/mol. The van der Waals surface area contributed by atoms with E-state index in [1.165, 1.54) is 9.96 Å². The van der Waals surface area contributed by atoms with Crippen LogP contribution in [0.2, 0.25) is 0 Å². The van der Waals surface area contributed by atoms with Crippen LogP contribution in [0.1, 0.15) is 45.6 Å². The summed E-state index contributed by atoms with van der Waals surface area (Å²) in [6.45, 7) is 14.6. The summed E-state index contributed by atoms with van der Waals surface area (Å²) in [5.74, 6) is -0.920.